The second-order valence-corrected chi connectivity index (χ2v) is 8.24. The number of ether oxygens (including phenoxy) is 4. The molecule has 0 unspecified atom stereocenters. The van der Waals surface area contributed by atoms with Crippen LogP contribution in [0.3, 0.4) is 0 Å². The van der Waals surface area contributed by atoms with Gasteiger partial charge in [-0.05, 0) is 29.7 Å². The van der Waals surface area contributed by atoms with Crippen molar-refractivity contribution in [3.63, 3.8) is 0 Å². The lowest BCUT2D eigenvalue weighted by molar-refractivity contribution is -0.205. The van der Waals surface area contributed by atoms with E-state index >= 15 is 0 Å². The molecule has 1 saturated heterocycles. The Labute approximate surface area is 193 Å². The molecule has 1 aromatic carbocycles. The van der Waals surface area contributed by atoms with Crippen molar-refractivity contribution in [1.82, 2.24) is 4.98 Å². The largest absolute Gasteiger partial charge is 0.465 e. The van der Waals surface area contributed by atoms with Crippen molar-refractivity contribution < 1.29 is 33.3 Å². The van der Waals surface area contributed by atoms with Crippen LogP contribution >= 0.6 is 0 Å². The van der Waals surface area contributed by atoms with E-state index in [1.165, 1.54) is 27.2 Å². The molecule has 8 heteroatoms. The van der Waals surface area contributed by atoms with Crippen molar-refractivity contribution in [2.24, 2.45) is 11.8 Å². The third-order valence-corrected chi connectivity index (χ3v) is 6.00. The molecule has 176 valence electrons. The second kappa shape index (κ2) is 10.6. The summed E-state index contributed by atoms with van der Waals surface area (Å²) >= 11 is 0. The molecule has 33 heavy (non-hydrogen) atoms. The van der Waals surface area contributed by atoms with Gasteiger partial charge in [0.1, 0.15) is 18.8 Å². The minimum atomic E-state index is -0.546. The summed E-state index contributed by atoms with van der Waals surface area (Å²) in [7, 11) is 1.32. The molecule has 1 aliphatic rings. The number of methoxy groups -OCH3 is 1. The van der Waals surface area contributed by atoms with Crippen molar-refractivity contribution in [2.75, 3.05) is 13.7 Å². The third-order valence-electron chi connectivity index (χ3n) is 6.00. The zero-order valence-electron chi connectivity index (χ0n) is 19.4. The second-order valence-electron chi connectivity index (χ2n) is 8.24. The number of aromatic nitrogens is 1. The highest BCUT2D eigenvalue weighted by Crippen LogP contribution is 2.41. The number of pyridine rings is 1. The van der Waals surface area contributed by atoms with Crippen LogP contribution in [-0.4, -0.2) is 48.8 Å². The van der Waals surface area contributed by atoms with Gasteiger partial charge in [-0.15, -0.1) is 0 Å². The number of hydrogen-bond donors (Lipinski definition) is 0. The summed E-state index contributed by atoms with van der Waals surface area (Å²) in [6.07, 6.45) is 0.0682. The topological polar surface area (TPSA) is 101 Å². The van der Waals surface area contributed by atoms with E-state index in [2.05, 4.69) is 4.98 Å². The molecule has 2 heterocycles. The lowest BCUT2D eigenvalue weighted by Gasteiger charge is -2.44. The summed E-state index contributed by atoms with van der Waals surface area (Å²) in [6, 6.07) is 11.0. The summed E-state index contributed by atoms with van der Waals surface area (Å²) in [5.41, 5.74) is 2.65. The normalized spacial score (nSPS) is 24.6. The maximum Gasteiger partial charge on any atom is 0.339 e. The van der Waals surface area contributed by atoms with Gasteiger partial charge in [0.15, 0.2) is 0 Å². The van der Waals surface area contributed by atoms with Crippen LogP contribution in [0.2, 0.25) is 0 Å². The Hall–Kier alpha value is -3.26. The molecule has 0 radical (unpaired) electrons. The summed E-state index contributed by atoms with van der Waals surface area (Å²) in [4.78, 5) is 39.2. The predicted molar refractivity (Wildman–Crippen MR) is 119 cm³/mol. The van der Waals surface area contributed by atoms with Crippen LogP contribution in [-0.2, 0) is 28.5 Å². The van der Waals surface area contributed by atoms with Crippen molar-refractivity contribution >= 4 is 17.9 Å². The minimum Gasteiger partial charge on any atom is -0.465 e. The molecule has 8 nitrogen and oxygen atoms in total. The van der Waals surface area contributed by atoms with Gasteiger partial charge in [0.05, 0.1) is 24.5 Å². The lowest BCUT2D eigenvalue weighted by atomic mass is 9.79. The SMILES string of the molecule is COC(=O)c1ccc(-c2cccc([C@H]3O[C@H](COC(C)=O)[C@@H](C)[C@H](C)[C@@H]3OC(C)=O)c2)nc1. The van der Waals surface area contributed by atoms with Crippen molar-refractivity contribution in [2.45, 2.75) is 46.0 Å². The van der Waals surface area contributed by atoms with Crippen LogP contribution in [0.5, 0.6) is 0 Å². The van der Waals surface area contributed by atoms with Gasteiger partial charge < -0.3 is 18.9 Å². The van der Waals surface area contributed by atoms with Gasteiger partial charge in [-0.1, -0.05) is 32.0 Å². The minimum absolute atomic E-state index is 0.000616. The zero-order valence-corrected chi connectivity index (χ0v) is 19.4. The van der Waals surface area contributed by atoms with Gasteiger partial charge in [0, 0.05) is 31.5 Å². The highest BCUT2D eigenvalue weighted by Gasteiger charge is 2.44. The number of rotatable bonds is 6. The monoisotopic (exact) mass is 455 g/mol. The van der Waals surface area contributed by atoms with E-state index in [0.717, 1.165) is 11.1 Å². The fraction of sp³-hybridized carbons (Fsp3) is 0.440. The summed E-state index contributed by atoms with van der Waals surface area (Å²) < 4.78 is 21.9. The third kappa shape index (κ3) is 5.76. The molecule has 1 fully saturated rings. The van der Waals surface area contributed by atoms with E-state index in [-0.39, 0.29) is 36.5 Å². The molecule has 0 saturated carbocycles. The highest BCUT2D eigenvalue weighted by molar-refractivity contribution is 5.89. The van der Waals surface area contributed by atoms with Gasteiger partial charge >= 0.3 is 17.9 Å². The first-order valence-electron chi connectivity index (χ1n) is 10.8. The Morgan fingerprint density at radius 2 is 1.79 bits per heavy atom. The molecular weight excluding hydrogens is 426 g/mol. The van der Waals surface area contributed by atoms with E-state index < -0.39 is 18.2 Å². The van der Waals surface area contributed by atoms with Crippen LogP contribution in [0, 0.1) is 11.8 Å². The van der Waals surface area contributed by atoms with Gasteiger partial charge in [-0.2, -0.15) is 0 Å². The van der Waals surface area contributed by atoms with E-state index in [1.54, 1.807) is 12.1 Å². The van der Waals surface area contributed by atoms with Crippen molar-refractivity contribution in [3.8, 4) is 11.3 Å². The van der Waals surface area contributed by atoms with Crippen molar-refractivity contribution in [1.29, 1.82) is 0 Å². The molecule has 0 spiro atoms. The average molecular weight is 456 g/mol. The first-order valence-corrected chi connectivity index (χ1v) is 10.8. The Balaban J connectivity index is 1.92. The van der Waals surface area contributed by atoms with Gasteiger partial charge in [0.25, 0.3) is 0 Å². The predicted octanol–water partition coefficient (Wildman–Crippen LogP) is 3.74. The Morgan fingerprint density at radius 3 is 2.39 bits per heavy atom. The van der Waals surface area contributed by atoms with E-state index in [0.29, 0.717) is 11.3 Å². The van der Waals surface area contributed by atoms with E-state index in [9.17, 15) is 14.4 Å². The molecule has 1 aliphatic heterocycles. The van der Waals surface area contributed by atoms with Crippen LogP contribution in [0.1, 0.15) is 49.7 Å². The fourth-order valence-electron chi connectivity index (χ4n) is 4.00. The van der Waals surface area contributed by atoms with E-state index in [1.807, 2.05) is 38.1 Å². The summed E-state index contributed by atoms with van der Waals surface area (Å²) in [6.45, 7) is 6.86. The van der Waals surface area contributed by atoms with Gasteiger partial charge in [-0.25, -0.2) is 4.79 Å². The van der Waals surface area contributed by atoms with Gasteiger partial charge in [-0.3, -0.25) is 14.6 Å². The number of benzene rings is 1. The lowest BCUT2D eigenvalue weighted by Crippen LogP contribution is -2.48. The Kier molecular flexibility index (Phi) is 7.81. The first kappa shape index (κ1) is 24.4. The van der Waals surface area contributed by atoms with Crippen LogP contribution in [0.15, 0.2) is 42.6 Å². The molecule has 0 amide bonds. The first-order chi connectivity index (χ1) is 15.7. The molecule has 2 aromatic rings. The number of hydrogen-bond acceptors (Lipinski definition) is 8. The maximum absolute atomic E-state index is 11.8. The molecule has 1 aromatic heterocycles. The number of carbonyl (C=O) groups is 3. The van der Waals surface area contributed by atoms with Gasteiger partial charge in [0.2, 0.25) is 0 Å². The summed E-state index contributed by atoms with van der Waals surface area (Å²) in [5, 5.41) is 0. The number of nitrogens with zero attached hydrogens (tertiary/aromatic N) is 1. The number of carbonyl (C=O) groups excluding carboxylic acids is 3. The fourth-order valence-corrected chi connectivity index (χ4v) is 4.00. The van der Waals surface area contributed by atoms with Crippen LogP contribution < -0.4 is 0 Å². The van der Waals surface area contributed by atoms with Crippen LogP contribution in [0.25, 0.3) is 11.3 Å². The molecule has 0 bridgehead atoms. The molecule has 0 N–H and O–H groups in total. The zero-order chi connectivity index (χ0) is 24.1. The molecular formula is C25H29NO7. The maximum atomic E-state index is 11.8. The molecule has 0 aliphatic carbocycles. The Morgan fingerprint density at radius 1 is 1.03 bits per heavy atom. The number of esters is 3. The summed E-state index contributed by atoms with van der Waals surface area (Å²) in [5.74, 6) is -1.25. The quantitative estimate of drug-likeness (QED) is 0.480. The Bertz CT molecular complexity index is 1000. The van der Waals surface area contributed by atoms with E-state index in [4.69, 9.17) is 18.9 Å². The smallest absolute Gasteiger partial charge is 0.339 e. The molecule has 3 rings (SSSR count). The highest BCUT2D eigenvalue weighted by atomic mass is 16.6. The van der Waals surface area contributed by atoms with Crippen LogP contribution in [0.4, 0.5) is 0 Å². The van der Waals surface area contributed by atoms with Crippen molar-refractivity contribution in [3.05, 3.63) is 53.7 Å². The molecule has 5 atom stereocenters. The standard InChI is InChI=1S/C25H29NO7/c1-14-15(2)23(32-17(4)28)24(33-22(14)13-31-16(3)27)19-8-6-7-18(11-19)21-10-9-20(12-26-21)25(29)30-5/h6-12,14-15,22-24H,13H2,1-5H3/t14-,15-,22+,23-,24+/m0/s1. The average Bonchev–Trinajstić information content (AvgIpc) is 2.81.